The highest BCUT2D eigenvalue weighted by atomic mass is 16.5. The lowest BCUT2D eigenvalue weighted by Crippen LogP contribution is -2.12. The molecule has 2 unspecified atom stereocenters. The normalized spacial score (nSPS) is 16.7. The van der Waals surface area contributed by atoms with E-state index in [1.165, 1.54) is 0 Å². The van der Waals surface area contributed by atoms with Crippen molar-refractivity contribution in [2.24, 2.45) is 0 Å². The lowest BCUT2D eigenvalue weighted by atomic mass is 9.88. The van der Waals surface area contributed by atoms with Crippen LogP contribution in [0.3, 0.4) is 0 Å². The van der Waals surface area contributed by atoms with Crippen LogP contribution < -0.4 is 9.47 Å². The van der Waals surface area contributed by atoms with Crippen LogP contribution in [0.5, 0.6) is 11.5 Å². The molecule has 0 aliphatic heterocycles. The Morgan fingerprint density at radius 1 is 0.581 bits per heavy atom. The number of benzene rings is 2. The summed E-state index contributed by atoms with van der Waals surface area (Å²) in [5.41, 5.74) is 5.22. The van der Waals surface area contributed by atoms with Crippen LogP contribution in [-0.2, 0) is 35.3 Å². The first-order valence-electron chi connectivity index (χ1n) is 14.9. The minimum atomic E-state index is 0.103. The Labute approximate surface area is 252 Å². The van der Waals surface area contributed by atoms with Gasteiger partial charge in [-0.2, -0.15) is 20.4 Å². The zero-order valence-corrected chi connectivity index (χ0v) is 24.9. The minimum absolute atomic E-state index is 0.103. The number of hydrogen-bond acceptors (Lipinski definition) is 8. The van der Waals surface area contributed by atoms with E-state index < -0.39 is 0 Å². The minimum Gasteiger partial charge on any atom is -0.497 e. The SMILES string of the molecule is COc1ccc(CC(=O)Cc2ccc(C3CCCCC(c4ccc(CC(=O)Cc5ccc(OC)cc5)nn4)C3)nn2)cc1. The number of ether oxygens (including phenoxy) is 2. The number of rotatable bonds is 12. The molecule has 5 rings (SSSR count). The Balaban J connectivity index is 1.14. The summed E-state index contributed by atoms with van der Waals surface area (Å²) in [5.74, 6) is 2.30. The average molecular weight is 579 g/mol. The first-order valence-corrected chi connectivity index (χ1v) is 14.9. The number of methoxy groups -OCH3 is 2. The van der Waals surface area contributed by atoms with Crippen molar-refractivity contribution < 1.29 is 19.1 Å². The zero-order chi connectivity index (χ0) is 30.0. The van der Waals surface area contributed by atoms with Crippen molar-refractivity contribution in [3.05, 3.63) is 107 Å². The first-order chi connectivity index (χ1) is 21.0. The van der Waals surface area contributed by atoms with E-state index in [-0.39, 0.29) is 36.2 Å². The van der Waals surface area contributed by atoms with Gasteiger partial charge in [-0.1, -0.05) is 37.1 Å². The predicted molar refractivity (Wildman–Crippen MR) is 163 cm³/mol. The van der Waals surface area contributed by atoms with Crippen molar-refractivity contribution in [2.45, 2.75) is 69.6 Å². The molecule has 222 valence electrons. The van der Waals surface area contributed by atoms with E-state index >= 15 is 0 Å². The zero-order valence-electron chi connectivity index (χ0n) is 24.9. The quantitative estimate of drug-likeness (QED) is 0.194. The molecule has 1 fully saturated rings. The molecule has 2 atom stereocenters. The fourth-order valence-corrected chi connectivity index (χ4v) is 5.73. The average Bonchev–Trinajstić information content (AvgIpc) is 3.29. The summed E-state index contributed by atoms with van der Waals surface area (Å²) in [4.78, 5) is 25.2. The molecule has 43 heavy (non-hydrogen) atoms. The number of carbonyl (C=O) groups excluding carboxylic acids is 2. The van der Waals surface area contributed by atoms with Gasteiger partial charge in [0.1, 0.15) is 23.1 Å². The van der Waals surface area contributed by atoms with Gasteiger partial charge in [0, 0.05) is 24.7 Å². The maximum Gasteiger partial charge on any atom is 0.143 e. The van der Waals surface area contributed by atoms with E-state index in [1.54, 1.807) is 14.2 Å². The van der Waals surface area contributed by atoms with E-state index in [0.29, 0.717) is 24.2 Å². The molecule has 8 heteroatoms. The molecular weight excluding hydrogens is 540 g/mol. The van der Waals surface area contributed by atoms with E-state index in [9.17, 15) is 9.59 Å². The molecule has 1 aliphatic rings. The molecule has 4 aromatic rings. The second-order valence-corrected chi connectivity index (χ2v) is 11.3. The molecule has 2 aromatic heterocycles. The third kappa shape index (κ3) is 8.53. The third-order valence-corrected chi connectivity index (χ3v) is 8.12. The van der Waals surface area contributed by atoms with Crippen LogP contribution in [0, 0.1) is 0 Å². The largest absolute Gasteiger partial charge is 0.497 e. The lowest BCUT2D eigenvalue weighted by molar-refractivity contribution is -0.118. The van der Waals surface area contributed by atoms with Gasteiger partial charge < -0.3 is 9.47 Å². The fraction of sp³-hybridized carbons (Fsp3) is 0.371. The Hall–Kier alpha value is -4.46. The molecule has 2 aromatic carbocycles. The predicted octanol–water partition coefficient (Wildman–Crippen LogP) is 5.82. The lowest BCUT2D eigenvalue weighted by Gasteiger charge is -2.19. The van der Waals surface area contributed by atoms with Crippen molar-refractivity contribution >= 4 is 11.6 Å². The van der Waals surface area contributed by atoms with Gasteiger partial charge in [-0.05, 0) is 78.9 Å². The first kappa shape index (κ1) is 30.0. The van der Waals surface area contributed by atoms with Crippen molar-refractivity contribution in [1.29, 1.82) is 0 Å². The summed E-state index contributed by atoms with van der Waals surface area (Å²) < 4.78 is 10.4. The van der Waals surface area contributed by atoms with Crippen LogP contribution >= 0.6 is 0 Å². The van der Waals surface area contributed by atoms with Crippen molar-refractivity contribution in [3.8, 4) is 11.5 Å². The van der Waals surface area contributed by atoms with Crippen LogP contribution in [-0.4, -0.2) is 46.2 Å². The number of carbonyl (C=O) groups is 2. The number of hydrogen-bond donors (Lipinski definition) is 0. The number of aromatic nitrogens is 4. The van der Waals surface area contributed by atoms with Crippen LogP contribution in [0.2, 0.25) is 0 Å². The van der Waals surface area contributed by atoms with E-state index in [2.05, 4.69) is 20.4 Å². The molecule has 8 nitrogen and oxygen atoms in total. The molecule has 0 saturated heterocycles. The molecule has 0 N–H and O–H groups in total. The molecule has 1 saturated carbocycles. The molecule has 0 spiro atoms. The van der Waals surface area contributed by atoms with Gasteiger partial charge >= 0.3 is 0 Å². The second kappa shape index (κ2) is 14.6. The smallest absolute Gasteiger partial charge is 0.143 e. The molecule has 2 heterocycles. The molecule has 0 radical (unpaired) electrons. The van der Waals surface area contributed by atoms with Gasteiger partial charge in [0.2, 0.25) is 0 Å². The number of Topliss-reactive ketones (excluding diaryl/α,β-unsaturated/α-hetero) is 2. The summed E-state index contributed by atoms with van der Waals surface area (Å²) in [5, 5.41) is 17.9. The topological polar surface area (TPSA) is 104 Å². The molecular formula is C35H38N4O4. The van der Waals surface area contributed by atoms with Crippen molar-refractivity contribution in [1.82, 2.24) is 20.4 Å². The Morgan fingerprint density at radius 2 is 1.00 bits per heavy atom. The van der Waals surface area contributed by atoms with Gasteiger partial charge in [-0.25, -0.2) is 0 Å². The maximum absolute atomic E-state index is 12.6. The van der Waals surface area contributed by atoms with E-state index in [4.69, 9.17) is 9.47 Å². The summed E-state index contributed by atoms with van der Waals surface area (Å²) in [6.45, 7) is 0. The van der Waals surface area contributed by atoms with Crippen LogP contribution in [0.15, 0.2) is 72.8 Å². The van der Waals surface area contributed by atoms with Gasteiger partial charge in [-0.15, -0.1) is 0 Å². The molecule has 0 bridgehead atoms. The van der Waals surface area contributed by atoms with Gasteiger partial charge in [0.15, 0.2) is 0 Å². The Bertz CT molecular complexity index is 1370. The number of ketones is 2. The standard InChI is InChI=1S/C35H38N4O4/c1-42-32-13-7-24(8-14-32)19-30(40)22-28-11-17-34(38-36-28)26-5-3-4-6-27(21-26)35-18-12-29(37-39-35)23-31(41)20-25-9-15-33(43-2)16-10-25/h7-18,26-27H,3-6,19-23H2,1-2H3. The Kier molecular flexibility index (Phi) is 10.2. The Morgan fingerprint density at radius 3 is 1.35 bits per heavy atom. The van der Waals surface area contributed by atoms with Gasteiger partial charge in [-0.3, -0.25) is 9.59 Å². The second-order valence-electron chi connectivity index (χ2n) is 11.3. The fourth-order valence-electron chi connectivity index (χ4n) is 5.73. The molecule has 1 aliphatic carbocycles. The highest BCUT2D eigenvalue weighted by Gasteiger charge is 2.25. The van der Waals surface area contributed by atoms with Crippen molar-refractivity contribution in [2.75, 3.05) is 14.2 Å². The van der Waals surface area contributed by atoms with E-state index in [0.717, 1.165) is 66.1 Å². The summed E-state index contributed by atoms with van der Waals surface area (Å²) in [7, 11) is 3.25. The number of nitrogens with zero attached hydrogens (tertiary/aromatic N) is 4. The third-order valence-electron chi connectivity index (χ3n) is 8.12. The van der Waals surface area contributed by atoms with Crippen LogP contribution in [0.1, 0.15) is 77.8 Å². The molecule has 0 amide bonds. The summed E-state index contributed by atoms with van der Waals surface area (Å²) >= 11 is 0. The van der Waals surface area contributed by atoms with Crippen LogP contribution in [0.25, 0.3) is 0 Å². The van der Waals surface area contributed by atoms with Gasteiger partial charge in [0.25, 0.3) is 0 Å². The highest BCUT2D eigenvalue weighted by molar-refractivity contribution is 5.83. The maximum atomic E-state index is 12.6. The van der Waals surface area contributed by atoms with Crippen molar-refractivity contribution in [3.63, 3.8) is 0 Å². The monoisotopic (exact) mass is 578 g/mol. The van der Waals surface area contributed by atoms with Gasteiger partial charge in [0.05, 0.1) is 49.8 Å². The van der Waals surface area contributed by atoms with Crippen LogP contribution in [0.4, 0.5) is 0 Å². The summed E-state index contributed by atoms with van der Waals surface area (Å²) in [6.07, 6.45) is 6.50. The van der Waals surface area contributed by atoms with E-state index in [1.807, 2.05) is 72.8 Å². The summed E-state index contributed by atoms with van der Waals surface area (Å²) in [6, 6.07) is 23.0. The highest BCUT2D eigenvalue weighted by Crippen LogP contribution is 2.38.